The van der Waals surface area contributed by atoms with E-state index in [4.69, 9.17) is 16.0 Å². The number of furan rings is 1. The van der Waals surface area contributed by atoms with Gasteiger partial charge in [0.1, 0.15) is 5.76 Å². The second-order valence-corrected chi connectivity index (χ2v) is 5.40. The van der Waals surface area contributed by atoms with Crippen molar-refractivity contribution >= 4 is 23.2 Å². The molecule has 3 rings (SSSR count). The van der Waals surface area contributed by atoms with E-state index in [9.17, 15) is 14.0 Å². The van der Waals surface area contributed by atoms with Gasteiger partial charge >= 0.3 is 0 Å². The minimum Gasteiger partial charge on any atom is -0.454 e. The van der Waals surface area contributed by atoms with Gasteiger partial charge in [-0.1, -0.05) is 23.7 Å². The predicted molar refractivity (Wildman–Crippen MR) is 87.9 cm³/mol. The first-order valence-corrected chi connectivity index (χ1v) is 7.42. The van der Waals surface area contributed by atoms with Crippen LogP contribution in [0.15, 0.2) is 63.9 Å². The van der Waals surface area contributed by atoms with Crippen LogP contribution in [0.4, 0.5) is 10.1 Å². The van der Waals surface area contributed by atoms with Crippen molar-refractivity contribution in [3.8, 4) is 0 Å². The Morgan fingerprint density at radius 2 is 2.00 bits per heavy atom. The first-order valence-electron chi connectivity index (χ1n) is 7.04. The summed E-state index contributed by atoms with van der Waals surface area (Å²) in [6.07, 6.45) is 1.62. The smallest absolute Gasteiger partial charge is 0.291 e. The number of rotatable bonds is 4. The maximum atomic E-state index is 13.8. The molecule has 1 aromatic carbocycles. The topological polar surface area (TPSA) is 64.2 Å². The van der Waals surface area contributed by atoms with E-state index in [2.05, 4.69) is 5.32 Å². The molecule has 0 saturated heterocycles. The van der Waals surface area contributed by atoms with Crippen LogP contribution in [0.3, 0.4) is 0 Å². The monoisotopic (exact) mass is 346 g/mol. The van der Waals surface area contributed by atoms with E-state index in [-0.39, 0.29) is 28.6 Å². The van der Waals surface area contributed by atoms with Gasteiger partial charge in [-0.05, 0) is 30.3 Å². The molecular formula is C17H12ClFN2O3. The van der Waals surface area contributed by atoms with Crippen LogP contribution in [0.2, 0.25) is 5.02 Å². The normalized spacial score (nSPS) is 10.6. The van der Waals surface area contributed by atoms with Crippen LogP contribution in [0.1, 0.15) is 16.3 Å². The molecule has 0 atom stereocenters. The standard InChI is InChI=1S/C17H12ClFN2O3/c18-12-4-3-5-13(16(12)19)20-17(23)14-8-7-11(24-14)10-21-9-2-1-6-15(21)22/h1-9H,10H2,(H,20,23). The Morgan fingerprint density at radius 3 is 2.79 bits per heavy atom. The average molecular weight is 347 g/mol. The lowest BCUT2D eigenvalue weighted by atomic mass is 10.3. The molecule has 1 N–H and O–H groups in total. The zero-order valence-corrected chi connectivity index (χ0v) is 13.1. The zero-order chi connectivity index (χ0) is 17.1. The van der Waals surface area contributed by atoms with Crippen molar-refractivity contribution in [3.05, 3.63) is 87.4 Å². The third kappa shape index (κ3) is 3.38. The van der Waals surface area contributed by atoms with E-state index in [0.717, 1.165) is 0 Å². The number of aromatic nitrogens is 1. The summed E-state index contributed by atoms with van der Waals surface area (Å²) in [6.45, 7) is 0.193. The Labute approximate surface area is 141 Å². The van der Waals surface area contributed by atoms with Crippen LogP contribution in [0.5, 0.6) is 0 Å². The average Bonchev–Trinajstić information content (AvgIpc) is 3.03. The molecule has 0 unspecified atom stereocenters. The number of benzene rings is 1. The highest BCUT2D eigenvalue weighted by Gasteiger charge is 2.15. The number of amides is 1. The van der Waals surface area contributed by atoms with E-state index in [0.29, 0.717) is 5.76 Å². The van der Waals surface area contributed by atoms with Gasteiger partial charge in [0.05, 0.1) is 17.3 Å². The third-order valence-corrected chi connectivity index (χ3v) is 3.60. The molecule has 7 heteroatoms. The van der Waals surface area contributed by atoms with E-state index in [1.54, 1.807) is 24.4 Å². The van der Waals surface area contributed by atoms with E-state index >= 15 is 0 Å². The molecule has 0 aliphatic rings. The molecule has 5 nitrogen and oxygen atoms in total. The summed E-state index contributed by atoms with van der Waals surface area (Å²) in [5.41, 5.74) is -0.217. The van der Waals surface area contributed by atoms with Crippen LogP contribution >= 0.6 is 11.6 Å². The summed E-state index contributed by atoms with van der Waals surface area (Å²) in [5.74, 6) is -0.883. The molecule has 1 amide bonds. The molecule has 2 heterocycles. The van der Waals surface area contributed by atoms with Crippen LogP contribution in [0.25, 0.3) is 0 Å². The Kier molecular flexibility index (Phi) is 4.48. The van der Waals surface area contributed by atoms with Gasteiger partial charge < -0.3 is 14.3 Å². The summed E-state index contributed by atoms with van der Waals surface area (Å²) >= 11 is 5.67. The Bertz CT molecular complexity index is 949. The predicted octanol–water partition coefficient (Wildman–Crippen LogP) is 3.53. The summed E-state index contributed by atoms with van der Waals surface area (Å²) in [6, 6.07) is 12.1. The molecule has 0 radical (unpaired) electrons. The van der Waals surface area contributed by atoms with Gasteiger partial charge in [-0.15, -0.1) is 0 Å². The van der Waals surface area contributed by atoms with Gasteiger partial charge in [-0.2, -0.15) is 0 Å². The molecule has 2 aromatic heterocycles. The number of hydrogen-bond donors (Lipinski definition) is 1. The molecular weight excluding hydrogens is 335 g/mol. The summed E-state index contributed by atoms with van der Waals surface area (Å²) in [7, 11) is 0. The number of anilines is 1. The number of nitrogens with one attached hydrogen (secondary N) is 1. The first-order chi connectivity index (χ1) is 11.5. The highest BCUT2D eigenvalue weighted by Crippen LogP contribution is 2.22. The number of nitrogens with zero attached hydrogens (tertiary/aromatic N) is 1. The summed E-state index contributed by atoms with van der Waals surface area (Å²) < 4.78 is 20.7. The van der Waals surface area contributed by atoms with Crippen molar-refractivity contribution < 1.29 is 13.6 Å². The van der Waals surface area contributed by atoms with Gasteiger partial charge in [0.2, 0.25) is 0 Å². The van der Waals surface area contributed by atoms with Gasteiger partial charge in [0.25, 0.3) is 11.5 Å². The molecule has 0 bridgehead atoms. The Hall–Kier alpha value is -2.86. The fraction of sp³-hybridized carbons (Fsp3) is 0.0588. The van der Waals surface area contributed by atoms with Crippen LogP contribution < -0.4 is 10.9 Å². The molecule has 0 aliphatic carbocycles. The van der Waals surface area contributed by atoms with Crippen molar-refractivity contribution in [2.75, 3.05) is 5.32 Å². The van der Waals surface area contributed by atoms with E-state index in [1.165, 1.54) is 34.9 Å². The van der Waals surface area contributed by atoms with Crippen molar-refractivity contribution in [1.82, 2.24) is 4.57 Å². The largest absolute Gasteiger partial charge is 0.454 e. The van der Waals surface area contributed by atoms with E-state index in [1.807, 2.05) is 0 Å². The van der Waals surface area contributed by atoms with Crippen LogP contribution in [-0.4, -0.2) is 10.5 Å². The number of carbonyl (C=O) groups is 1. The molecule has 0 aliphatic heterocycles. The molecule has 24 heavy (non-hydrogen) atoms. The minimum absolute atomic E-state index is 0.00774. The molecule has 122 valence electrons. The summed E-state index contributed by atoms with van der Waals surface area (Å²) in [4.78, 5) is 23.8. The number of carbonyl (C=O) groups excluding carboxylic acids is 1. The van der Waals surface area contributed by atoms with Crippen molar-refractivity contribution in [1.29, 1.82) is 0 Å². The highest BCUT2D eigenvalue weighted by atomic mass is 35.5. The van der Waals surface area contributed by atoms with Crippen molar-refractivity contribution in [2.24, 2.45) is 0 Å². The molecule has 0 saturated carbocycles. The SMILES string of the molecule is O=C(Nc1cccc(Cl)c1F)c1ccc(Cn2ccccc2=O)o1. The van der Waals surface area contributed by atoms with Gasteiger partial charge in [0, 0.05) is 12.3 Å². The first kappa shape index (κ1) is 16.0. The maximum Gasteiger partial charge on any atom is 0.291 e. The van der Waals surface area contributed by atoms with Crippen molar-refractivity contribution in [2.45, 2.75) is 6.54 Å². The second-order valence-electron chi connectivity index (χ2n) is 4.99. The third-order valence-electron chi connectivity index (χ3n) is 3.31. The minimum atomic E-state index is -0.713. The maximum absolute atomic E-state index is 13.8. The zero-order valence-electron chi connectivity index (χ0n) is 12.3. The highest BCUT2D eigenvalue weighted by molar-refractivity contribution is 6.31. The number of pyridine rings is 1. The fourth-order valence-electron chi connectivity index (χ4n) is 2.13. The van der Waals surface area contributed by atoms with Gasteiger partial charge in [-0.25, -0.2) is 4.39 Å². The summed E-state index contributed by atoms with van der Waals surface area (Å²) in [5, 5.41) is 2.31. The van der Waals surface area contributed by atoms with Crippen molar-refractivity contribution in [3.63, 3.8) is 0 Å². The van der Waals surface area contributed by atoms with Crippen LogP contribution in [0, 0.1) is 5.82 Å². The lowest BCUT2D eigenvalue weighted by Crippen LogP contribution is -2.18. The number of hydrogen-bond acceptors (Lipinski definition) is 3. The lowest BCUT2D eigenvalue weighted by Gasteiger charge is -2.05. The van der Waals surface area contributed by atoms with Gasteiger partial charge in [0.15, 0.2) is 11.6 Å². The molecule has 3 aromatic rings. The van der Waals surface area contributed by atoms with Gasteiger partial charge in [-0.3, -0.25) is 9.59 Å². The second kappa shape index (κ2) is 6.72. The number of halogens is 2. The van der Waals surface area contributed by atoms with E-state index < -0.39 is 11.7 Å². The quantitative estimate of drug-likeness (QED) is 0.786. The fourth-order valence-corrected chi connectivity index (χ4v) is 2.30. The lowest BCUT2D eigenvalue weighted by molar-refractivity contribution is 0.0994. The molecule has 0 spiro atoms. The van der Waals surface area contributed by atoms with Crippen LogP contribution in [-0.2, 0) is 6.54 Å². The Morgan fingerprint density at radius 1 is 1.17 bits per heavy atom. The molecule has 0 fully saturated rings. The Balaban J connectivity index is 1.75.